The van der Waals surface area contributed by atoms with Crippen LogP contribution in [0.4, 0.5) is 11.6 Å². The van der Waals surface area contributed by atoms with Gasteiger partial charge in [-0.3, -0.25) is 9.59 Å². The van der Waals surface area contributed by atoms with E-state index in [1.54, 1.807) is 6.07 Å². The van der Waals surface area contributed by atoms with Crippen LogP contribution in [0, 0.1) is 18.3 Å². The first kappa shape index (κ1) is 20.6. The Morgan fingerprint density at radius 3 is 2.81 bits per heavy atom. The van der Waals surface area contributed by atoms with Crippen LogP contribution in [-0.4, -0.2) is 32.2 Å². The number of carbonyl (C=O) groups is 1. The summed E-state index contributed by atoms with van der Waals surface area (Å²) < 4.78 is 12.2. The van der Waals surface area contributed by atoms with Gasteiger partial charge in [0.15, 0.2) is 11.5 Å². The standard InChI is InChI=1S/C25H22N2O4S/c1-2-17(12-16-6-7-16)25(29)26-19-5-3-4-18(13-19)20-15-32-24-21(28)14-22(31-23(20)24)27-8-10-30-11-9-27/h1,3-5,12-16H,6-11H2,(H,26,29)/b17-12+. The second-order valence-electron chi connectivity index (χ2n) is 7.95. The summed E-state index contributed by atoms with van der Waals surface area (Å²) in [5, 5.41) is 4.81. The topological polar surface area (TPSA) is 71.8 Å². The molecule has 1 N–H and O–H groups in total. The van der Waals surface area contributed by atoms with Crippen molar-refractivity contribution < 1.29 is 13.9 Å². The van der Waals surface area contributed by atoms with Crippen molar-refractivity contribution in [2.45, 2.75) is 12.8 Å². The molecule has 5 rings (SSSR count). The molecule has 6 nitrogen and oxygen atoms in total. The quantitative estimate of drug-likeness (QED) is 0.468. The number of terminal acetylenes is 1. The largest absolute Gasteiger partial charge is 0.439 e. The zero-order valence-electron chi connectivity index (χ0n) is 17.4. The Kier molecular flexibility index (Phi) is 5.56. The molecule has 0 bridgehead atoms. The molecular weight excluding hydrogens is 424 g/mol. The minimum atomic E-state index is -0.284. The fraction of sp³-hybridized carbons (Fsp3) is 0.280. The van der Waals surface area contributed by atoms with E-state index < -0.39 is 0 Å². The Hall–Kier alpha value is -3.34. The van der Waals surface area contributed by atoms with Crippen LogP contribution in [0.3, 0.4) is 0 Å². The van der Waals surface area contributed by atoms with E-state index >= 15 is 0 Å². The number of ether oxygens (including phenoxy) is 1. The van der Waals surface area contributed by atoms with E-state index in [4.69, 9.17) is 15.6 Å². The number of thiophene rings is 1. The molecule has 2 aliphatic rings. The van der Waals surface area contributed by atoms with E-state index in [1.807, 2.05) is 40.6 Å². The van der Waals surface area contributed by atoms with Gasteiger partial charge in [-0.1, -0.05) is 24.1 Å². The van der Waals surface area contributed by atoms with Crippen molar-refractivity contribution in [2.24, 2.45) is 5.92 Å². The molecule has 0 unspecified atom stereocenters. The minimum Gasteiger partial charge on any atom is -0.439 e. The highest BCUT2D eigenvalue weighted by molar-refractivity contribution is 7.17. The molecule has 1 aromatic carbocycles. The van der Waals surface area contributed by atoms with Crippen LogP contribution in [-0.2, 0) is 9.53 Å². The fourth-order valence-electron chi connectivity index (χ4n) is 3.72. The molecule has 0 spiro atoms. The predicted octanol–water partition coefficient (Wildman–Crippen LogP) is 4.27. The highest BCUT2D eigenvalue weighted by atomic mass is 32.1. The lowest BCUT2D eigenvalue weighted by molar-refractivity contribution is -0.112. The third kappa shape index (κ3) is 4.20. The molecule has 3 aromatic rings. The van der Waals surface area contributed by atoms with E-state index in [1.165, 1.54) is 11.3 Å². The average Bonchev–Trinajstić information content (AvgIpc) is 3.53. The monoisotopic (exact) mass is 446 g/mol. The molecule has 0 radical (unpaired) electrons. The van der Waals surface area contributed by atoms with Gasteiger partial charge in [0.2, 0.25) is 5.43 Å². The smallest absolute Gasteiger partial charge is 0.263 e. The number of nitrogens with one attached hydrogen (secondary N) is 1. The maximum atomic E-state index is 12.7. The first-order valence-electron chi connectivity index (χ1n) is 10.6. The number of hydrogen-bond donors (Lipinski definition) is 1. The molecule has 1 saturated carbocycles. The first-order valence-corrected chi connectivity index (χ1v) is 11.5. The van der Waals surface area contributed by atoms with E-state index in [2.05, 4.69) is 11.2 Å². The third-order valence-corrected chi connectivity index (χ3v) is 6.59. The molecule has 1 aliphatic carbocycles. The average molecular weight is 447 g/mol. The Bertz CT molecular complexity index is 1300. The summed E-state index contributed by atoms with van der Waals surface area (Å²) >= 11 is 1.36. The van der Waals surface area contributed by atoms with E-state index in [-0.39, 0.29) is 11.3 Å². The molecule has 32 heavy (non-hydrogen) atoms. The van der Waals surface area contributed by atoms with Crippen LogP contribution in [0.2, 0.25) is 0 Å². The highest BCUT2D eigenvalue weighted by Gasteiger charge is 2.21. The number of allylic oxidation sites excluding steroid dienone is 1. The van der Waals surface area contributed by atoms with Crippen molar-refractivity contribution in [3.8, 4) is 23.5 Å². The molecule has 0 atom stereocenters. The Morgan fingerprint density at radius 1 is 1.25 bits per heavy atom. The molecule has 2 aromatic heterocycles. The first-order chi connectivity index (χ1) is 15.6. The van der Waals surface area contributed by atoms with Crippen LogP contribution in [0.25, 0.3) is 21.4 Å². The summed E-state index contributed by atoms with van der Waals surface area (Å²) in [6.45, 7) is 2.58. The van der Waals surface area contributed by atoms with Gasteiger partial charge in [-0.05, 0) is 36.5 Å². The molecule has 3 heterocycles. The lowest BCUT2D eigenvalue weighted by atomic mass is 10.1. The minimum absolute atomic E-state index is 0.0580. The van der Waals surface area contributed by atoms with Gasteiger partial charge in [-0.25, -0.2) is 0 Å². The highest BCUT2D eigenvalue weighted by Crippen LogP contribution is 2.36. The Labute approximate surface area is 189 Å². The van der Waals surface area contributed by atoms with Gasteiger partial charge in [0.25, 0.3) is 5.91 Å². The number of benzene rings is 1. The Balaban J connectivity index is 1.46. The summed E-state index contributed by atoms with van der Waals surface area (Å²) in [4.78, 5) is 27.3. The molecular formula is C25H22N2O4S. The number of anilines is 2. The summed E-state index contributed by atoms with van der Waals surface area (Å²) in [5.74, 6) is 3.18. The van der Waals surface area contributed by atoms with Gasteiger partial charge < -0.3 is 19.4 Å². The molecule has 162 valence electrons. The van der Waals surface area contributed by atoms with Gasteiger partial charge in [0.05, 0.1) is 18.8 Å². The second kappa shape index (κ2) is 8.65. The number of hydrogen-bond acceptors (Lipinski definition) is 6. The zero-order valence-corrected chi connectivity index (χ0v) is 18.2. The zero-order chi connectivity index (χ0) is 22.1. The van der Waals surface area contributed by atoms with Crippen LogP contribution in [0.5, 0.6) is 0 Å². The number of morpholine rings is 1. The van der Waals surface area contributed by atoms with E-state index in [9.17, 15) is 9.59 Å². The van der Waals surface area contributed by atoms with Gasteiger partial charge >= 0.3 is 0 Å². The summed E-state index contributed by atoms with van der Waals surface area (Å²) in [5.41, 5.74) is 3.17. The SMILES string of the molecule is C#C/C(=C\C1CC1)C(=O)Nc1cccc(-c2csc3c(=O)cc(N4CCOCC4)oc23)c1. The maximum absolute atomic E-state index is 12.7. The molecule has 2 fully saturated rings. The molecule has 7 heteroatoms. The van der Waals surface area contributed by atoms with Gasteiger partial charge in [0.1, 0.15) is 4.70 Å². The van der Waals surface area contributed by atoms with Crippen LogP contribution in [0.1, 0.15) is 12.8 Å². The third-order valence-electron chi connectivity index (χ3n) is 5.61. The predicted molar refractivity (Wildman–Crippen MR) is 127 cm³/mol. The lowest BCUT2D eigenvalue weighted by Crippen LogP contribution is -2.36. The molecule has 1 saturated heterocycles. The summed E-state index contributed by atoms with van der Waals surface area (Å²) in [7, 11) is 0. The van der Waals surface area contributed by atoms with Gasteiger partial charge in [-0.2, -0.15) is 0 Å². The van der Waals surface area contributed by atoms with E-state index in [0.29, 0.717) is 59.6 Å². The van der Waals surface area contributed by atoms with Crippen molar-refractivity contribution in [1.29, 1.82) is 0 Å². The second-order valence-corrected chi connectivity index (χ2v) is 8.83. The van der Waals surface area contributed by atoms with Crippen molar-refractivity contribution in [3.05, 3.63) is 57.6 Å². The Morgan fingerprint density at radius 2 is 2.06 bits per heavy atom. The number of fused-ring (bicyclic) bond motifs is 1. The van der Waals surface area contributed by atoms with Crippen LogP contribution in [0.15, 0.2) is 56.6 Å². The summed E-state index contributed by atoms with van der Waals surface area (Å²) in [6, 6.07) is 9.03. The fourth-order valence-corrected chi connectivity index (χ4v) is 4.63. The number of carbonyl (C=O) groups excluding carboxylic acids is 1. The van der Waals surface area contributed by atoms with Gasteiger partial charge in [0, 0.05) is 35.8 Å². The van der Waals surface area contributed by atoms with Crippen LogP contribution < -0.4 is 15.6 Å². The van der Waals surface area contributed by atoms with Crippen molar-refractivity contribution in [3.63, 3.8) is 0 Å². The van der Waals surface area contributed by atoms with Crippen molar-refractivity contribution >= 4 is 39.1 Å². The van der Waals surface area contributed by atoms with E-state index in [0.717, 1.165) is 24.0 Å². The number of rotatable bonds is 5. The normalized spacial score (nSPS) is 16.7. The summed E-state index contributed by atoms with van der Waals surface area (Å²) in [6.07, 6.45) is 9.56. The maximum Gasteiger partial charge on any atom is 0.263 e. The number of nitrogens with zero attached hydrogens (tertiary/aromatic N) is 1. The van der Waals surface area contributed by atoms with Crippen molar-refractivity contribution in [1.82, 2.24) is 0 Å². The number of amides is 1. The molecule has 1 amide bonds. The lowest BCUT2D eigenvalue weighted by Gasteiger charge is -2.27. The van der Waals surface area contributed by atoms with Gasteiger partial charge in [-0.15, -0.1) is 17.8 Å². The van der Waals surface area contributed by atoms with Crippen molar-refractivity contribution in [2.75, 3.05) is 36.5 Å². The molecule has 1 aliphatic heterocycles. The van der Waals surface area contributed by atoms with Crippen LogP contribution >= 0.6 is 11.3 Å².